The Kier molecular flexibility index (Phi) is 3.03. The number of halogens is 2. The number of alkyl halides is 2. The lowest BCUT2D eigenvalue weighted by Crippen LogP contribution is -2.37. The van der Waals surface area contributed by atoms with Crippen molar-refractivity contribution in [3.8, 4) is 5.75 Å². The molecule has 1 N–H and O–H groups in total. The number of rotatable bonds is 3. The standard InChI is InChI=1S/C11H11F2NO2/c12-10(13)11(15)14-6-8-5-7-3-1-2-4-9(7)16-8/h1-4,8,10H,5-6H2,(H,14,15). The van der Waals surface area contributed by atoms with Crippen LogP contribution in [-0.2, 0) is 11.2 Å². The van der Waals surface area contributed by atoms with Crippen molar-refractivity contribution in [1.29, 1.82) is 0 Å². The second-order valence-electron chi connectivity index (χ2n) is 3.60. The predicted octanol–water partition coefficient (Wildman–Crippen LogP) is 1.37. The molecular weight excluding hydrogens is 216 g/mol. The largest absolute Gasteiger partial charge is 0.488 e. The molecule has 0 saturated carbocycles. The zero-order chi connectivity index (χ0) is 11.5. The first-order valence-corrected chi connectivity index (χ1v) is 4.97. The van der Waals surface area contributed by atoms with E-state index in [1.807, 2.05) is 24.3 Å². The van der Waals surface area contributed by atoms with Gasteiger partial charge < -0.3 is 10.1 Å². The molecule has 5 heteroatoms. The summed E-state index contributed by atoms with van der Waals surface area (Å²) >= 11 is 0. The van der Waals surface area contributed by atoms with E-state index in [-0.39, 0.29) is 12.6 Å². The molecule has 1 atom stereocenters. The van der Waals surface area contributed by atoms with E-state index in [0.29, 0.717) is 6.42 Å². The third kappa shape index (κ3) is 2.29. The van der Waals surface area contributed by atoms with Gasteiger partial charge in [0, 0.05) is 6.42 Å². The summed E-state index contributed by atoms with van der Waals surface area (Å²) < 4.78 is 29.3. The van der Waals surface area contributed by atoms with Crippen LogP contribution in [0.25, 0.3) is 0 Å². The fourth-order valence-electron chi connectivity index (χ4n) is 1.66. The molecule has 0 saturated heterocycles. The maximum Gasteiger partial charge on any atom is 0.315 e. The minimum atomic E-state index is -2.97. The number of amides is 1. The highest BCUT2D eigenvalue weighted by molar-refractivity contribution is 5.79. The van der Waals surface area contributed by atoms with Crippen molar-refractivity contribution in [1.82, 2.24) is 5.32 Å². The van der Waals surface area contributed by atoms with Gasteiger partial charge in [-0.25, -0.2) is 0 Å². The summed E-state index contributed by atoms with van der Waals surface area (Å²) in [5, 5.41) is 2.14. The molecule has 1 amide bonds. The van der Waals surface area contributed by atoms with Crippen molar-refractivity contribution in [2.45, 2.75) is 19.0 Å². The number of benzene rings is 1. The maximum absolute atomic E-state index is 11.9. The maximum atomic E-state index is 11.9. The predicted molar refractivity (Wildman–Crippen MR) is 53.6 cm³/mol. The first-order valence-electron chi connectivity index (χ1n) is 4.97. The summed E-state index contributed by atoms with van der Waals surface area (Å²) in [7, 11) is 0. The van der Waals surface area contributed by atoms with Gasteiger partial charge in [0.05, 0.1) is 6.54 Å². The third-order valence-corrected chi connectivity index (χ3v) is 2.42. The average molecular weight is 227 g/mol. The van der Waals surface area contributed by atoms with Gasteiger partial charge in [0.15, 0.2) is 0 Å². The monoisotopic (exact) mass is 227 g/mol. The molecule has 1 aromatic rings. The van der Waals surface area contributed by atoms with Gasteiger partial charge in [-0.3, -0.25) is 4.79 Å². The van der Waals surface area contributed by atoms with Gasteiger partial charge in [0.2, 0.25) is 0 Å². The van der Waals surface area contributed by atoms with Crippen LogP contribution in [0.5, 0.6) is 5.75 Å². The lowest BCUT2D eigenvalue weighted by Gasteiger charge is -2.11. The Hall–Kier alpha value is -1.65. The lowest BCUT2D eigenvalue weighted by molar-refractivity contribution is -0.132. The van der Waals surface area contributed by atoms with Crippen molar-refractivity contribution in [3.05, 3.63) is 29.8 Å². The summed E-state index contributed by atoms with van der Waals surface area (Å²) in [6, 6.07) is 7.48. The quantitative estimate of drug-likeness (QED) is 0.847. The Labute approximate surface area is 91.4 Å². The number of ether oxygens (including phenoxy) is 1. The van der Waals surface area contributed by atoms with E-state index in [9.17, 15) is 13.6 Å². The number of hydrogen-bond acceptors (Lipinski definition) is 2. The Morgan fingerprint density at radius 1 is 1.50 bits per heavy atom. The van der Waals surface area contributed by atoms with E-state index >= 15 is 0 Å². The summed E-state index contributed by atoms with van der Waals surface area (Å²) in [5.74, 6) is -0.488. The molecule has 0 spiro atoms. The number of para-hydroxylation sites is 1. The van der Waals surface area contributed by atoms with Crippen LogP contribution in [0.15, 0.2) is 24.3 Å². The van der Waals surface area contributed by atoms with Crippen molar-refractivity contribution < 1.29 is 18.3 Å². The minimum Gasteiger partial charge on any atom is -0.488 e. The molecule has 0 aromatic heterocycles. The first-order chi connectivity index (χ1) is 7.66. The van der Waals surface area contributed by atoms with Crippen molar-refractivity contribution >= 4 is 5.91 Å². The molecule has 1 aromatic carbocycles. The first kappa shape index (κ1) is 10.9. The van der Waals surface area contributed by atoms with Crippen LogP contribution in [0, 0.1) is 0 Å². The van der Waals surface area contributed by atoms with Crippen LogP contribution in [0.2, 0.25) is 0 Å². The molecule has 1 aliphatic heterocycles. The molecule has 0 bridgehead atoms. The van der Waals surface area contributed by atoms with Crippen LogP contribution < -0.4 is 10.1 Å². The molecule has 0 radical (unpaired) electrons. The molecule has 0 fully saturated rings. The highest BCUT2D eigenvalue weighted by Gasteiger charge is 2.24. The molecule has 16 heavy (non-hydrogen) atoms. The molecule has 1 unspecified atom stereocenters. The summed E-state index contributed by atoms with van der Waals surface area (Å²) in [4.78, 5) is 10.7. The molecule has 0 aliphatic carbocycles. The van der Waals surface area contributed by atoms with Gasteiger partial charge in [-0.1, -0.05) is 18.2 Å². The van der Waals surface area contributed by atoms with E-state index in [4.69, 9.17) is 4.74 Å². The van der Waals surface area contributed by atoms with Gasteiger partial charge in [0.25, 0.3) is 5.91 Å². The molecule has 3 nitrogen and oxygen atoms in total. The summed E-state index contributed by atoms with van der Waals surface area (Å²) in [6.07, 6.45) is -2.58. The lowest BCUT2D eigenvalue weighted by atomic mass is 10.1. The molecule has 1 heterocycles. The van der Waals surface area contributed by atoms with E-state index < -0.39 is 12.3 Å². The summed E-state index contributed by atoms with van der Waals surface area (Å²) in [6.45, 7) is 0.109. The number of carbonyl (C=O) groups is 1. The Morgan fingerprint density at radius 2 is 2.25 bits per heavy atom. The van der Waals surface area contributed by atoms with E-state index in [1.54, 1.807) is 0 Å². The zero-order valence-electron chi connectivity index (χ0n) is 8.45. The van der Waals surface area contributed by atoms with E-state index in [0.717, 1.165) is 11.3 Å². The topological polar surface area (TPSA) is 38.3 Å². The fraction of sp³-hybridized carbons (Fsp3) is 0.364. The van der Waals surface area contributed by atoms with Crippen molar-refractivity contribution in [2.24, 2.45) is 0 Å². The average Bonchev–Trinajstić information content (AvgIpc) is 2.68. The van der Waals surface area contributed by atoms with Gasteiger partial charge in [-0.2, -0.15) is 8.78 Å². The highest BCUT2D eigenvalue weighted by Crippen LogP contribution is 2.27. The van der Waals surface area contributed by atoms with Crippen LogP contribution >= 0.6 is 0 Å². The van der Waals surface area contributed by atoms with Crippen molar-refractivity contribution in [3.63, 3.8) is 0 Å². The minimum absolute atomic E-state index is 0.109. The number of carbonyl (C=O) groups excluding carboxylic acids is 1. The normalized spacial score (nSPS) is 18.1. The summed E-state index contributed by atoms with van der Waals surface area (Å²) in [5.41, 5.74) is 1.04. The van der Waals surface area contributed by atoms with E-state index in [2.05, 4.69) is 5.32 Å². The highest BCUT2D eigenvalue weighted by atomic mass is 19.3. The van der Waals surface area contributed by atoms with Gasteiger partial charge in [-0.15, -0.1) is 0 Å². The Morgan fingerprint density at radius 3 is 2.94 bits per heavy atom. The Bertz CT molecular complexity index is 370. The smallest absolute Gasteiger partial charge is 0.315 e. The van der Waals surface area contributed by atoms with Crippen LogP contribution in [0.3, 0.4) is 0 Å². The van der Waals surface area contributed by atoms with Crippen LogP contribution in [0.4, 0.5) is 8.78 Å². The molecule has 2 rings (SSSR count). The van der Waals surface area contributed by atoms with E-state index in [1.165, 1.54) is 0 Å². The SMILES string of the molecule is O=C(NCC1Cc2ccccc2O1)C(F)F. The molecule has 1 aliphatic rings. The third-order valence-electron chi connectivity index (χ3n) is 2.42. The van der Waals surface area contributed by atoms with Crippen LogP contribution in [-0.4, -0.2) is 25.0 Å². The number of fused-ring (bicyclic) bond motifs is 1. The second kappa shape index (κ2) is 4.47. The number of nitrogens with one attached hydrogen (secondary N) is 1. The molecular formula is C11H11F2NO2. The fourth-order valence-corrected chi connectivity index (χ4v) is 1.66. The van der Waals surface area contributed by atoms with Gasteiger partial charge in [0.1, 0.15) is 11.9 Å². The molecule has 86 valence electrons. The van der Waals surface area contributed by atoms with Gasteiger partial charge >= 0.3 is 6.43 Å². The second-order valence-corrected chi connectivity index (χ2v) is 3.60. The van der Waals surface area contributed by atoms with Crippen molar-refractivity contribution in [2.75, 3.05) is 6.54 Å². The Balaban J connectivity index is 1.86. The van der Waals surface area contributed by atoms with Gasteiger partial charge in [-0.05, 0) is 11.6 Å². The zero-order valence-corrected chi connectivity index (χ0v) is 8.45. The van der Waals surface area contributed by atoms with Crippen LogP contribution in [0.1, 0.15) is 5.56 Å². The number of hydrogen-bond donors (Lipinski definition) is 1.